The van der Waals surface area contributed by atoms with E-state index in [9.17, 15) is 18.0 Å². The van der Waals surface area contributed by atoms with Gasteiger partial charge in [-0.2, -0.15) is 18.4 Å². The lowest BCUT2D eigenvalue weighted by atomic mass is 9.84. The van der Waals surface area contributed by atoms with E-state index < -0.39 is 11.7 Å². The molecule has 2 fully saturated rings. The molecule has 0 radical (unpaired) electrons. The number of alkyl halides is 3. The molecule has 5 nitrogen and oxygen atoms in total. The Hall–Kier alpha value is -1.98. The number of amides is 1. The zero-order chi connectivity index (χ0) is 23.8. The lowest BCUT2D eigenvalue weighted by molar-refractivity contribution is -0.137. The second-order valence-electron chi connectivity index (χ2n) is 9.08. The number of rotatable bonds is 8. The largest absolute Gasteiger partial charge is 0.417 e. The summed E-state index contributed by atoms with van der Waals surface area (Å²) in [6.07, 6.45) is 2.33. The summed E-state index contributed by atoms with van der Waals surface area (Å²) in [5.41, 5.74) is -0.211. The standard InChI is InChI=1S/C24H32ClF3N4O/c25-22-9-8-20(17-21(22)24(26,27)28)32-15-13-31(14-16-32)12-10-18-4-6-19(7-5-18)30-23(33)3-1-2-11-29/h8-9,17-19H,1-7,10,12-16H2,(H,30,33). The number of anilines is 1. The number of hydrogen-bond acceptors (Lipinski definition) is 4. The Balaban J connectivity index is 1.36. The van der Waals surface area contributed by atoms with Gasteiger partial charge in [-0.25, -0.2) is 0 Å². The maximum absolute atomic E-state index is 13.1. The molecule has 1 heterocycles. The van der Waals surface area contributed by atoms with Crippen LogP contribution in [0.4, 0.5) is 18.9 Å². The molecule has 33 heavy (non-hydrogen) atoms. The van der Waals surface area contributed by atoms with Crippen LogP contribution in [0.5, 0.6) is 0 Å². The molecule has 1 amide bonds. The van der Waals surface area contributed by atoms with Crippen molar-refractivity contribution in [2.75, 3.05) is 37.6 Å². The number of carbonyl (C=O) groups is 1. The van der Waals surface area contributed by atoms with Gasteiger partial charge in [0.25, 0.3) is 0 Å². The van der Waals surface area contributed by atoms with Crippen LogP contribution in [-0.4, -0.2) is 49.6 Å². The van der Waals surface area contributed by atoms with E-state index in [-0.39, 0.29) is 17.0 Å². The average Bonchev–Trinajstić information content (AvgIpc) is 2.79. The van der Waals surface area contributed by atoms with Gasteiger partial charge in [0.15, 0.2) is 0 Å². The Labute approximate surface area is 198 Å². The number of carbonyl (C=O) groups excluding carboxylic acids is 1. The summed E-state index contributed by atoms with van der Waals surface area (Å²) in [4.78, 5) is 16.3. The van der Waals surface area contributed by atoms with Gasteiger partial charge in [-0.15, -0.1) is 0 Å². The molecular formula is C24H32ClF3N4O. The van der Waals surface area contributed by atoms with E-state index in [1.807, 2.05) is 4.90 Å². The molecule has 1 aromatic rings. The number of hydrogen-bond donors (Lipinski definition) is 1. The van der Waals surface area contributed by atoms with Gasteiger partial charge in [-0.05, 0) is 69.2 Å². The van der Waals surface area contributed by atoms with Gasteiger partial charge in [0, 0.05) is 50.7 Å². The summed E-state index contributed by atoms with van der Waals surface area (Å²) in [7, 11) is 0. The van der Waals surface area contributed by atoms with Gasteiger partial charge in [0.1, 0.15) is 0 Å². The van der Waals surface area contributed by atoms with E-state index in [2.05, 4.69) is 16.3 Å². The lowest BCUT2D eigenvalue weighted by Gasteiger charge is -2.37. The Bertz CT molecular complexity index is 826. The number of nitriles is 1. The minimum absolute atomic E-state index is 0.0506. The van der Waals surface area contributed by atoms with Crippen molar-refractivity contribution in [3.05, 3.63) is 28.8 Å². The summed E-state index contributed by atoms with van der Waals surface area (Å²) in [6.45, 7) is 4.06. The summed E-state index contributed by atoms with van der Waals surface area (Å²) >= 11 is 5.74. The highest BCUT2D eigenvalue weighted by Crippen LogP contribution is 2.37. The lowest BCUT2D eigenvalue weighted by Crippen LogP contribution is -2.47. The molecule has 1 N–H and O–H groups in total. The molecule has 1 saturated carbocycles. The van der Waals surface area contributed by atoms with Crippen LogP contribution in [0.15, 0.2) is 18.2 Å². The van der Waals surface area contributed by atoms with Crippen LogP contribution in [0.1, 0.15) is 56.9 Å². The predicted molar refractivity (Wildman–Crippen MR) is 123 cm³/mol. The van der Waals surface area contributed by atoms with Crippen molar-refractivity contribution in [2.45, 2.75) is 63.6 Å². The van der Waals surface area contributed by atoms with Crippen LogP contribution in [0.3, 0.4) is 0 Å². The molecule has 1 aliphatic carbocycles. The minimum Gasteiger partial charge on any atom is -0.369 e. The zero-order valence-electron chi connectivity index (χ0n) is 18.8. The average molecular weight is 485 g/mol. The predicted octanol–water partition coefficient (Wildman–Crippen LogP) is 5.24. The fraction of sp³-hybridized carbons (Fsp3) is 0.667. The summed E-state index contributed by atoms with van der Waals surface area (Å²) in [6, 6.07) is 6.45. The molecule has 3 rings (SSSR count). The zero-order valence-corrected chi connectivity index (χ0v) is 19.6. The van der Waals surface area contributed by atoms with Crippen molar-refractivity contribution in [3.63, 3.8) is 0 Å². The minimum atomic E-state index is -4.45. The third kappa shape index (κ3) is 7.79. The van der Waals surface area contributed by atoms with Crippen molar-refractivity contribution >= 4 is 23.2 Å². The monoisotopic (exact) mass is 484 g/mol. The Morgan fingerprint density at radius 3 is 2.48 bits per heavy atom. The first-order valence-corrected chi connectivity index (χ1v) is 12.1. The highest BCUT2D eigenvalue weighted by atomic mass is 35.5. The van der Waals surface area contributed by atoms with Crippen LogP contribution in [0, 0.1) is 17.2 Å². The molecule has 182 valence electrons. The van der Waals surface area contributed by atoms with Gasteiger partial charge >= 0.3 is 6.18 Å². The summed E-state index contributed by atoms with van der Waals surface area (Å²) in [5, 5.41) is 11.4. The van der Waals surface area contributed by atoms with Crippen LogP contribution in [0.25, 0.3) is 0 Å². The van der Waals surface area contributed by atoms with Gasteiger partial charge in [0.2, 0.25) is 5.91 Å². The van der Waals surface area contributed by atoms with Crippen molar-refractivity contribution < 1.29 is 18.0 Å². The smallest absolute Gasteiger partial charge is 0.369 e. The number of benzene rings is 1. The number of unbranched alkanes of at least 4 members (excludes halogenated alkanes) is 1. The second kappa shape index (κ2) is 11.9. The number of piperazine rings is 1. The molecule has 1 aromatic carbocycles. The van der Waals surface area contributed by atoms with E-state index in [0.29, 0.717) is 44.0 Å². The van der Waals surface area contributed by atoms with E-state index in [4.69, 9.17) is 16.9 Å². The molecule has 1 saturated heterocycles. The highest BCUT2D eigenvalue weighted by molar-refractivity contribution is 6.31. The first kappa shape index (κ1) is 25.6. The Kier molecular flexibility index (Phi) is 9.27. The molecule has 1 aliphatic heterocycles. The van der Waals surface area contributed by atoms with Crippen LogP contribution < -0.4 is 10.2 Å². The van der Waals surface area contributed by atoms with Gasteiger partial charge in [-0.3, -0.25) is 9.69 Å². The summed E-state index contributed by atoms with van der Waals surface area (Å²) < 4.78 is 39.4. The topological polar surface area (TPSA) is 59.4 Å². The molecule has 0 unspecified atom stereocenters. The van der Waals surface area contributed by atoms with Crippen LogP contribution in [-0.2, 0) is 11.0 Å². The maximum atomic E-state index is 13.1. The van der Waals surface area contributed by atoms with Gasteiger partial charge < -0.3 is 10.2 Å². The fourth-order valence-corrected chi connectivity index (χ4v) is 4.97. The molecule has 2 aliphatic rings. The number of halogens is 4. The van der Waals surface area contributed by atoms with Gasteiger partial charge in [-0.1, -0.05) is 11.6 Å². The first-order chi connectivity index (χ1) is 15.8. The third-order valence-electron chi connectivity index (χ3n) is 6.75. The quantitative estimate of drug-likeness (QED) is 0.513. The Morgan fingerprint density at radius 1 is 1.15 bits per heavy atom. The van der Waals surface area contributed by atoms with Crippen molar-refractivity contribution in [3.8, 4) is 6.07 Å². The maximum Gasteiger partial charge on any atom is 0.417 e. The normalized spacial score (nSPS) is 22.1. The molecule has 0 bridgehead atoms. The molecule has 0 aromatic heterocycles. The SMILES string of the molecule is N#CCCCC(=O)NC1CCC(CCN2CCN(c3ccc(Cl)c(C(F)(F)F)c3)CC2)CC1. The van der Waals surface area contributed by atoms with E-state index in [1.165, 1.54) is 6.07 Å². The number of nitrogens with zero attached hydrogens (tertiary/aromatic N) is 3. The Morgan fingerprint density at radius 2 is 1.85 bits per heavy atom. The second-order valence-corrected chi connectivity index (χ2v) is 9.48. The highest BCUT2D eigenvalue weighted by Gasteiger charge is 2.34. The van der Waals surface area contributed by atoms with Crippen molar-refractivity contribution in [1.82, 2.24) is 10.2 Å². The third-order valence-corrected chi connectivity index (χ3v) is 7.08. The van der Waals surface area contributed by atoms with Gasteiger partial charge in [0.05, 0.1) is 16.7 Å². The molecule has 0 spiro atoms. The molecule has 9 heteroatoms. The first-order valence-electron chi connectivity index (χ1n) is 11.8. The summed E-state index contributed by atoms with van der Waals surface area (Å²) in [5.74, 6) is 0.704. The van der Waals surface area contributed by atoms with E-state index in [0.717, 1.165) is 57.8 Å². The molecular weight excluding hydrogens is 453 g/mol. The van der Waals surface area contributed by atoms with E-state index >= 15 is 0 Å². The number of nitrogens with one attached hydrogen (secondary N) is 1. The van der Waals surface area contributed by atoms with Crippen molar-refractivity contribution in [1.29, 1.82) is 5.26 Å². The van der Waals surface area contributed by atoms with Crippen LogP contribution in [0.2, 0.25) is 5.02 Å². The fourth-order valence-electron chi connectivity index (χ4n) is 4.75. The van der Waals surface area contributed by atoms with Crippen LogP contribution >= 0.6 is 11.6 Å². The van der Waals surface area contributed by atoms with Crippen molar-refractivity contribution in [2.24, 2.45) is 5.92 Å². The van der Waals surface area contributed by atoms with E-state index in [1.54, 1.807) is 6.07 Å². The molecule has 0 atom stereocenters.